The number of piperidine rings is 1. The van der Waals surface area contributed by atoms with Crippen LogP contribution in [0.15, 0.2) is 60.0 Å². The second-order valence-corrected chi connectivity index (χ2v) is 9.90. The van der Waals surface area contributed by atoms with Crippen molar-refractivity contribution in [1.29, 1.82) is 0 Å². The number of carbonyl (C=O) groups is 2. The molecule has 1 aliphatic rings. The summed E-state index contributed by atoms with van der Waals surface area (Å²) in [4.78, 5) is 26.1. The molecule has 2 amide bonds. The molecule has 2 aromatic carbocycles. The summed E-state index contributed by atoms with van der Waals surface area (Å²) in [6, 6.07) is 10.7. The van der Waals surface area contributed by atoms with Gasteiger partial charge < -0.3 is 15.4 Å². The van der Waals surface area contributed by atoms with Crippen LogP contribution in [0.4, 0.5) is 5.69 Å². The van der Waals surface area contributed by atoms with Crippen LogP contribution in [0.5, 0.6) is 5.75 Å². The van der Waals surface area contributed by atoms with E-state index < -0.39 is 27.8 Å². The van der Waals surface area contributed by atoms with E-state index >= 15 is 0 Å². The number of carbonyl (C=O) groups excluding carboxylic acids is 2. The van der Waals surface area contributed by atoms with Crippen molar-refractivity contribution in [3.8, 4) is 5.75 Å². The molecule has 1 atom stereocenters. The first-order valence-electron chi connectivity index (χ1n) is 10.4. The number of rotatable bonds is 8. The van der Waals surface area contributed by atoms with Crippen LogP contribution < -0.4 is 14.8 Å². The summed E-state index contributed by atoms with van der Waals surface area (Å²) in [6.45, 7) is 4.25. The topological polar surface area (TPSA) is 110 Å². The molecule has 1 fully saturated rings. The van der Waals surface area contributed by atoms with Crippen LogP contribution >= 0.6 is 11.6 Å². The van der Waals surface area contributed by atoms with Crippen molar-refractivity contribution in [2.45, 2.75) is 17.7 Å². The third-order valence-corrected chi connectivity index (χ3v) is 7.62. The van der Waals surface area contributed by atoms with Gasteiger partial charge in [0.25, 0.3) is 15.9 Å². The number of sulfonamides is 1. The zero-order valence-electron chi connectivity index (χ0n) is 18.2. The summed E-state index contributed by atoms with van der Waals surface area (Å²) in [5.41, 5.74) is 5.79. The molecule has 0 unspecified atom stereocenters. The molecule has 3 rings (SSSR count). The minimum Gasteiger partial charge on any atom is -0.495 e. The molecule has 0 aliphatic carbocycles. The first kappa shape index (κ1) is 24.6. The van der Waals surface area contributed by atoms with Crippen LogP contribution in [0.25, 0.3) is 0 Å². The Bertz CT molecular complexity index is 1170. The first-order chi connectivity index (χ1) is 15.7. The average molecular weight is 492 g/mol. The maximum Gasteiger partial charge on any atom is 0.264 e. The Kier molecular flexibility index (Phi) is 7.65. The minimum absolute atomic E-state index is 0.0129. The average Bonchev–Trinajstić information content (AvgIpc) is 2.82. The van der Waals surface area contributed by atoms with E-state index in [1.54, 1.807) is 24.3 Å². The zero-order valence-corrected chi connectivity index (χ0v) is 19.8. The van der Waals surface area contributed by atoms with Gasteiger partial charge >= 0.3 is 0 Å². The molecule has 2 aromatic rings. The zero-order chi connectivity index (χ0) is 24.2. The Balaban J connectivity index is 2.00. The second-order valence-electron chi connectivity index (χ2n) is 7.63. The summed E-state index contributed by atoms with van der Waals surface area (Å²) < 4.78 is 33.7. The maximum atomic E-state index is 13.6. The molecule has 33 heavy (non-hydrogen) atoms. The van der Waals surface area contributed by atoms with Gasteiger partial charge in [-0.25, -0.2) is 8.42 Å². The molecule has 2 N–H and O–H groups in total. The molecule has 1 aliphatic heterocycles. The molecular formula is C23H26ClN3O5S. The monoisotopic (exact) mass is 491 g/mol. The fraction of sp³-hybridized carbons (Fsp3) is 0.304. The Morgan fingerprint density at radius 1 is 1.30 bits per heavy atom. The van der Waals surface area contributed by atoms with Crippen molar-refractivity contribution in [2.75, 3.05) is 31.0 Å². The molecule has 1 heterocycles. The van der Waals surface area contributed by atoms with Crippen molar-refractivity contribution in [2.24, 2.45) is 11.7 Å². The van der Waals surface area contributed by atoms with Crippen LogP contribution in [0, 0.1) is 5.92 Å². The fourth-order valence-electron chi connectivity index (χ4n) is 3.80. The standard InChI is InChI=1S/C23H26ClN3O5S/c1-3-12-27(20-8-4-5-9-21(20)32-2)33(30,31)17-10-11-19(24)18(14-17)23(29)26-13-6-7-16(15-26)22(25)28/h3-5,8-11,14,16H,1,6-7,12-13,15H2,2H3,(H2,25,28)/t16-/m0/s1. The number of likely N-dealkylation sites (tertiary alicyclic amines) is 1. The molecule has 8 nitrogen and oxygen atoms in total. The lowest BCUT2D eigenvalue weighted by atomic mass is 9.97. The number of benzene rings is 2. The number of hydrogen-bond donors (Lipinski definition) is 1. The van der Waals surface area contributed by atoms with E-state index in [4.69, 9.17) is 22.1 Å². The molecule has 0 saturated carbocycles. The van der Waals surface area contributed by atoms with Gasteiger partial charge in [-0.2, -0.15) is 0 Å². The number of nitrogens with two attached hydrogens (primary N) is 1. The van der Waals surface area contributed by atoms with Crippen LogP contribution in [0.2, 0.25) is 5.02 Å². The van der Waals surface area contributed by atoms with Crippen molar-refractivity contribution in [3.63, 3.8) is 0 Å². The van der Waals surface area contributed by atoms with Crippen molar-refractivity contribution in [3.05, 3.63) is 65.7 Å². The van der Waals surface area contributed by atoms with Crippen LogP contribution in [0.3, 0.4) is 0 Å². The SMILES string of the molecule is C=CCN(c1ccccc1OC)S(=O)(=O)c1ccc(Cl)c(C(=O)N2CCC[C@H](C(N)=O)C2)c1. The first-order valence-corrected chi connectivity index (χ1v) is 12.2. The Labute approximate surface area is 198 Å². The van der Waals surface area contributed by atoms with E-state index in [9.17, 15) is 18.0 Å². The molecule has 10 heteroatoms. The van der Waals surface area contributed by atoms with E-state index in [2.05, 4.69) is 6.58 Å². The number of nitrogens with zero attached hydrogens (tertiary/aromatic N) is 2. The van der Waals surface area contributed by atoms with Crippen molar-refractivity contribution >= 4 is 39.1 Å². The van der Waals surface area contributed by atoms with Crippen LogP contribution in [-0.4, -0.2) is 51.9 Å². The van der Waals surface area contributed by atoms with Crippen molar-refractivity contribution in [1.82, 2.24) is 4.90 Å². The molecule has 0 radical (unpaired) electrons. The summed E-state index contributed by atoms with van der Waals surface area (Å²) in [5, 5.41) is 0.118. The van der Waals surface area contributed by atoms with E-state index in [1.165, 1.54) is 36.3 Å². The fourth-order valence-corrected chi connectivity index (χ4v) is 5.47. The minimum atomic E-state index is -4.10. The predicted octanol–water partition coefficient (Wildman–Crippen LogP) is 3.07. The molecule has 1 saturated heterocycles. The number of para-hydroxylation sites is 2. The lowest BCUT2D eigenvalue weighted by Gasteiger charge is -2.31. The van der Waals surface area contributed by atoms with Gasteiger partial charge in [-0.15, -0.1) is 6.58 Å². The number of methoxy groups -OCH3 is 1. The largest absolute Gasteiger partial charge is 0.495 e. The third-order valence-electron chi connectivity index (χ3n) is 5.52. The second kappa shape index (κ2) is 10.3. The van der Waals surface area contributed by atoms with E-state index in [-0.39, 0.29) is 28.6 Å². The van der Waals surface area contributed by atoms with Gasteiger partial charge in [-0.05, 0) is 43.2 Å². The highest BCUT2D eigenvalue weighted by Gasteiger charge is 2.31. The van der Waals surface area contributed by atoms with E-state index in [1.807, 2.05) is 0 Å². The predicted molar refractivity (Wildman–Crippen MR) is 127 cm³/mol. The highest BCUT2D eigenvalue weighted by atomic mass is 35.5. The molecule has 176 valence electrons. The lowest BCUT2D eigenvalue weighted by Crippen LogP contribution is -2.44. The van der Waals surface area contributed by atoms with Crippen molar-refractivity contribution < 1.29 is 22.7 Å². The number of amides is 2. The molecule has 0 bridgehead atoms. The smallest absolute Gasteiger partial charge is 0.264 e. The highest BCUT2D eigenvalue weighted by Crippen LogP contribution is 2.33. The molecule has 0 spiro atoms. The van der Waals surface area contributed by atoms with E-state index in [0.717, 1.165) is 4.31 Å². The van der Waals surface area contributed by atoms with Gasteiger partial charge in [-0.1, -0.05) is 29.8 Å². The van der Waals surface area contributed by atoms with Gasteiger partial charge in [0.2, 0.25) is 5.91 Å². The summed E-state index contributed by atoms with van der Waals surface area (Å²) >= 11 is 6.28. The van der Waals surface area contributed by atoms with E-state index in [0.29, 0.717) is 30.8 Å². The highest BCUT2D eigenvalue weighted by molar-refractivity contribution is 7.92. The number of primary amides is 1. The number of hydrogen-bond acceptors (Lipinski definition) is 5. The Morgan fingerprint density at radius 2 is 2.03 bits per heavy atom. The van der Waals surface area contributed by atoms with Gasteiger partial charge in [0.05, 0.1) is 40.7 Å². The van der Waals surface area contributed by atoms with Gasteiger partial charge in [0, 0.05) is 13.1 Å². The third kappa shape index (κ3) is 5.15. The molecular weight excluding hydrogens is 466 g/mol. The van der Waals surface area contributed by atoms with Crippen LogP contribution in [-0.2, 0) is 14.8 Å². The number of ether oxygens (including phenoxy) is 1. The Hall–Kier alpha value is -3.04. The normalized spacial score (nSPS) is 16.2. The maximum absolute atomic E-state index is 13.6. The van der Waals surface area contributed by atoms with Gasteiger partial charge in [0.1, 0.15) is 5.75 Å². The van der Waals surface area contributed by atoms with Gasteiger partial charge in [-0.3, -0.25) is 13.9 Å². The number of halogens is 1. The summed E-state index contributed by atoms with van der Waals surface area (Å²) in [5.74, 6) is -0.983. The summed E-state index contributed by atoms with van der Waals surface area (Å²) in [6.07, 6.45) is 2.69. The Morgan fingerprint density at radius 3 is 2.70 bits per heavy atom. The summed E-state index contributed by atoms with van der Waals surface area (Å²) in [7, 11) is -2.65. The van der Waals surface area contributed by atoms with Crippen LogP contribution in [0.1, 0.15) is 23.2 Å². The lowest BCUT2D eigenvalue weighted by molar-refractivity contribution is -0.123. The molecule has 0 aromatic heterocycles. The quantitative estimate of drug-likeness (QED) is 0.570. The number of anilines is 1. The van der Waals surface area contributed by atoms with Gasteiger partial charge in [0.15, 0.2) is 0 Å².